The number of fused-ring (bicyclic) bond motifs is 5. The van der Waals surface area contributed by atoms with Crippen molar-refractivity contribution in [2.45, 2.75) is 220 Å². The normalized spacial score (nSPS) is 26.5. The summed E-state index contributed by atoms with van der Waals surface area (Å²) < 4.78 is 47.9. The zero-order chi connectivity index (χ0) is 51.7. The third-order valence-electron chi connectivity index (χ3n) is 16.4. The molecule has 4 aliphatic rings. The first kappa shape index (κ1) is 57.2. The van der Waals surface area contributed by atoms with Crippen molar-refractivity contribution in [3.05, 3.63) is 46.0 Å². The smallest absolute Gasteiger partial charge is 0.407 e. The summed E-state index contributed by atoms with van der Waals surface area (Å²) in [4.78, 5) is 50.5. The van der Waals surface area contributed by atoms with Gasteiger partial charge in [-0.1, -0.05) is 90.5 Å². The molecule has 4 aliphatic carbocycles. The van der Waals surface area contributed by atoms with E-state index >= 15 is 0 Å². The molecule has 14 nitrogen and oxygen atoms in total. The molecule has 1 aromatic rings. The van der Waals surface area contributed by atoms with Gasteiger partial charge in [0.15, 0.2) is 4.90 Å². The van der Waals surface area contributed by atoms with Gasteiger partial charge in [0.25, 0.3) is 15.7 Å². The second-order valence-electron chi connectivity index (χ2n) is 24.2. The number of carbonyl (C=O) groups is 3. The Hall–Kier alpha value is -3.72. The lowest BCUT2D eigenvalue weighted by Gasteiger charge is -2.58. The van der Waals surface area contributed by atoms with Gasteiger partial charge >= 0.3 is 18.2 Å². The fourth-order valence-corrected chi connectivity index (χ4v) is 14.8. The molecule has 9 atom stereocenters. The van der Waals surface area contributed by atoms with Crippen LogP contribution in [0, 0.1) is 56.5 Å². The van der Waals surface area contributed by atoms with Crippen LogP contribution in [-0.4, -0.2) is 78.8 Å². The SMILES string of the molecule is CC(C)CCCC(C)[C@H]1CC[C@H]2[C@@H]3CC=C4C[C@@H](OC(=O)C(CCCCNC(=O)OC(C)(C)C)N(CCCCCCNC(=O)OC(C)(C)C)S(=O)(=O)c5ccccc5[N+](=O)[O-])CC[C@]4(C)[C@H]3CC[C@]12C. The number of nitro groups is 1. The first-order chi connectivity index (χ1) is 32.8. The molecule has 2 N–H and O–H groups in total. The highest BCUT2D eigenvalue weighted by Crippen LogP contribution is 2.67. The predicted octanol–water partition coefficient (Wildman–Crippen LogP) is 12.7. The molecule has 1 aromatic carbocycles. The maximum Gasteiger partial charge on any atom is 0.407 e. The molecule has 396 valence electrons. The van der Waals surface area contributed by atoms with Crippen LogP contribution in [0.25, 0.3) is 0 Å². The summed E-state index contributed by atoms with van der Waals surface area (Å²) >= 11 is 0. The molecule has 0 heterocycles. The van der Waals surface area contributed by atoms with Crippen LogP contribution in [0.2, 0.25) is 0 Å². The van der Waals surface area contributed by atoms with Gasteiger partial charge in [-0.3, -0.25) is 14.9 Å². The van der Waals surface area contributed by atoms with Crippen molar-refractivity contribution in [2.75, 3.05) is 19.6 Å². The van der Waals surface area contributed by atoms with E-state index in [1.807, 2.05) is 0 Å². The Balaban J connectivity index is 1.33. The molecular formula is C55H90N4O10S. The largest absolute Gasteiger partial charge is 0.461 e. The van der Waals surface area contributed by atoms with E-state index in [0.717, 1.165) is 46.9 Å². The van der Waals surface area contributed by atoms with E-state index in [2.05, 4.69) is 51.3 Å². The molecule has 0 aliphatic heterocycles. The van der Waals surface area contributed by atoms with Crippen molar-refractivity contribution in [3.63, 3.8) is 0 Å². The summed E-state index contributed by atoms with van der Waals surface area (Å²) in [6, 6.07) is 3.96. The summed E-state index contributed by atoms with van der Waals surface area (Å²) in [7, 11) is -4.62. The first-order valence-corrected chi connectivity index (χ1v) is 28.3. The van der Waals surface area contributed by atoms with Gasteiger partial charge in [0.1, 0.15) is 23.3 Å². The lowest BCUT2D eigenvalue weighted by Crippen LogP contribution is -2.51. The number of carbonyl (C=O) groups excluding carboxylic acids is 3. The summed E-state index contributed by atoms with van der Waals surface area (Å²) in [5.41, 5.74) is -0.144. The fourth-order valence-electron chi connectivity index (χ4n) is 13.0. The molecule has 2 unspecified atom stereocenters. The van der Waals surface area contributed by atoms with Gasteiger partial charge in [0, 0.05) is 32.1 Å². The van der Waals surface area contributed by atoms with Crippen LogP contribution < -0.4 is 10.6 Å². The van der Waals surface area contributed by atoms with Gasteiger partial charge in [0.05, 0.1) is 4.92 Å². The summed E-state index contributed by atoms with van der Waals surface area (Å²) in [5, 5.41) is 17.8. The number of allylic oxidation sites excluding steroid dienone is 1. The minimum absolute atomic E-state index is 0.0126. The Morgan fingerprint density at radius 2 is 1.43 bits per heavy atom. The number of amides is 2. The van der Waals surface area contributed by atoms with Gasteiger partial charge in [-0.2, -0.15) is 4.31 Å². The number of para-hydroxylation sites is 1. The Labute approximate surface area is 421 Å². The number of nitrogens with zero attached hydrogens (tertiary/aromatic N) is 2. The fraction of sp³-hybridized carbons (Fsp3) is 0.800. The van der Waals surface area contributed by atoms with E-state index in [-0.39, 0.29) is 24.9 Å². The van der Waals surface area contributed by atoms with E-state index < -0.39 is 67.0 Å². The van der Waals surface area contributed by atoms with Crippen molar-refractivity contribution in [2.24, 2.45) is 46.3 Å². The van der Waals surface area contributed by atoms with Crippen molar-refractivity contribution in [3.8, 4) is 0 Å². The minimum atomic E-state index is -4.62. The Morgan fingerprint density at radius 3 is 2.06 bits per heavy atom. The number of sulfonamides is 1. The minimum Gasteiger partial charge on any atom is -0.461 e. The van der Waals surface area contributed by atoms with E-state index in [1.54, 1.807) is 41.5 Å². The number of esters is 1. The predicted molar refractivity (Wildman–Crippen MR) is 274 cm³/mol. The maximum atomic E-state index is 14.8. The third kappa shape index (κ3) is 14.9. The summed E-state index contributed by atoms with van der Waals surface area (Å²) in [6.07, 6.45) is 16.2. The van der Waals surface area contributed by atoms with E-state index in [0.29, 0.717) is 75.2 Å². The van der Waals surface area contributed by atoms with E-state index in [4.69, 9.17) is 14.2 Å². The molecule has 3 fully saturated rings. The van der Waals surface area contributed by atoms with Crippen LogP contribution in [-0.2, 0) is 29.0 Å². The highest BCUT2D eigenvalue weighted by Gasteiger charge is 2.59. The first-order valence-electron chi connectivity index (χ1n) is 26.9. The van der Waals surface area contributed by atoms with Gasteiger partial charge in [-0.25, -0.2) is 18.0 Å². The Kier molecular flexibility index (Phi) is 19.9. The number of hydrogen-bond donors (Lipinski definition) is 2. The second kappa shape index (κ2) is 24.3. The van der Waals surface area contributed by atoms with Gasteiger partial charge in [-0.15, -0.1) is 0 Å². The average Bonchev–Trinajstić information content (AvgIpc) is 3.62. The van der Waals surface area contributed by atoms with Crippen molar-refractivity contribution in [1.29, 1.82) is 0 Å². The van der Waals surface area contributed by atoms with Crippen LogP contribution in [0.1, 0.15) is 192 Å². The topological polar surface area (TPSA) is 183 Å². The molecule has 3 saturated carbocycles. The Bertz CT molecular complexity index is 2080. The lowest BCUT2D eigenvalue weighted by atomic mass is 9.47. The number of alkyl carbamates (subject to hydrolysis) is 2. The zero-order valence-corrected chi connectivity index (χ0v) is 45.6. The van der Waals surface area contributed by atoms with Crippen molar-refractivity contribution < 1.29 is 41.9 Å². The standard InChI is InChI=1S/C55H90N4O10S/c1-38(2)21-20-22-39(3)43-28-29-44-42-27-26-40-37-41(30-32-54(40,10)45(42)31-33-55(43,44)11)67-49(60)47(24-16-18-35-57-51(62)69-53(7,8)9)58(70(65,66)48-25-15-14-23-46(48)59(63)64)36-19-13-12-17-34-56-50(61)68-52(4,5)6/h14-15,23,25-26,38-39,41-45,47H,12-13,16-22,24,27-37H2,1-11H3,(H,56,61)(H,57,62)/t39?,41-,42-,43+,44-,45-,47?,54-,55+/m0/s1. The monoisotopic (exact) mass is 999 g/mol. The number of rotatable bonds is 23. The van der Waals surface area contributed by atoms with Crippen LogP contribution in [0.4, 0.5) is 15.3 Å². The molecule has 2 amide bonds. The number of benzene rings is 1. The van der Waals surface area contributed by atoms with Crippen LogP contribution in [0.3, 0.4) is 0 Å². The molecular weight excluding hydrogens is 909 g/mol. The van der Waals surface area contributed by atoms with Crippen molar-refractivity contribution >= 4 is 33.9 Å². The number of ether oxygens (including phenoxy) is 3. The van der Waals surface area contributed by atoms with Gasteiger partial charge in [0.2, 0.25) is 0 Å². The summed E-state index contributed by atoms with van der Waals surface area (Å²) in [6.45, 7) is 23.4. The highest BCUT2D eigenvalue weighted by atomic mass is 32.2. The molecule has 0 saturated heterocycles. The molecule has 70 heavy (non-hydrogen) atoms. The van der Waals surface area contributed by atoms with E-state index in [1.165, 1.54) is 68.7 Å². The number of nitro benzene ring substituents is 1. The molecule has 5 rings (SSSR count). The quantitative estimate of drug-likeness (QED) is 0.0267. The summed E-state index contributed by atoms with van der Waals surface area (Å²) in [5.74, 6) is 3.54. The highest BCUT2D eigenvalue weighted by molar-refractivity contribution is 7.89. The van der Waals surface area contributed by atoms with Crippen LogP contribution >= 0.6 is 0 Å². The van der Waals surface area contributed by atoms with Gasteiger partial charge < -0.3 is 24.8 Å². The van der Waals surface area contributed by atoms with Crippen LogP contribution in [0.5, 0.6) is 0 Å². The van der Waals surface area contributed by atoms with Gasteiger partial charge in [-0.05, 0) is 171 Å². The molecule has 0 spiro atoms. The maximum absolute atomic E-state index is 14.8. The molecule has 0 radical (unpaired) electrons. The van der Waals surface area contributed by atoms with E-state index in [9.17, 15) is 32.9 Å². The molecule has 15 heteroatoms. The molecule has 0 bridgehead atoms. The molecule has 0 aromatic heterocycles. The number of nitrogens with one attached hydrogen (secondary N) is 2. The Morgan fingerprint density at radius 1 is 0.800 bits per heavy atom. The number of unbranched alkanes of at least 4 members (excludes halogenated alkanes) is 4. The zero-order valence-electron chi connectivity index (χ0n) is 44.7. The van der Waals surface area contributed by atoms with Crippen LogP contribution in [0.15, 0.2) is 40.8 Å². The number of hydrogen-bond acceptors (Lipinski definition) is 10. The lowest BCUT2D eigenvalue weighted by molar-refractivity contribution is -0.387. The average molecular weight is 999 g/mol. The third-order valence-corrected chi connectivity index (χ3v) is 18.3. The van der Waals surface area contributed by atoms with Crippen molar-refractivity contribution in [1.82, 2.24) is 14.9 Å². The second-order valence-corrected chi connectivity index (χ2v) is 26.1.